The Bertz CT molecular complexity index is 113. The highest BCUT2D eigenvalue weighted by Gasteiger charge is 2.21. The maximum Gasteiger partial charge on any atom is 0.0856 e. The lowest BCUT2D eigenvalue weighted by molar-refractivity contribution is -0.0601. The van der Waals surface area contributed by atoms with Gasteiger partial charge in [0.2, 0.25) is 0 Å². The summed E-state index contributed by atoms with van der Waals surface area (Å²) in [6.07, 6.45) is 2.79. The number of hydrogen-bond acceptors (Lipinski definition) is 2. The molecule has 0 bridgehead atoms. The molecule has 0 aliphatic heterocycles. The van der Waals surface area contributed by atoms with Crippen molar-refractivity contribution in [3.8, 4) is 0 Å². The van der Waals surface area contributed by atoms with Gasteiger partial charge in [0.15, 0.2) is 0 Å². The maximum atomic E-state index is 9.82. The summed E-state index contributed by atoms with van der Waals surface area (Å²) in [6, 6.07) is 0. The Kier molecular flexibility index (Phi) is 7.29. The highest BCUT2D eigenvalue weighted by Crippen LogP contribution is 2.15. The second-order valence-corrected chi connectivity index (χ2v) is 3.87. The molecule has 0 aliphatic rings. The number of unbranched alkanes of at least 4 members (excludes halogenated alkanes) is 1. The van der Waals surface area contributed by atoms with Crippen LogP contribution in [0.3, 0.4) is 0 Å². The Labute approximate surface area is 82.3 Å². The first-order valence-electron chi connectivity index (χ1n) is 5.43. The minimum absolute atomic E-state index is 0.0107. The van der Waals surface area contributed by atoms with Gasteiger partial charge in [0.05, 0.1) is 12.2 Å². The van der Waals surface area contributed by atoms with Crippen LogP contribution in [-0.2, 0) is 4.74 Å². The van der Waals surface area contributed by atoms with Gasteiger partial charge in [-0.05, 0) is 19.3 Å². The summed E-state index contributed by atoms with van der Waals surface area (Å²) in [6.45, 7) is 8.98. The van der Waals surface area contributed by atoms with Gasteiger partial charge in [0, 0.05) is 6.61 Å². The molecule has 0 aliphatic carbocycles. The molecule has 2 nitrogen and oxygen atoms in total. The molecule has 1 N–H and O–H groups in total. The third kappa shape index (κ3) is 5.27. The lowest BCUT2D eigenvalue weighted by Crippen LogP contribution is -2.33. The summed E-state index contributed by atoms with van der Waals surface area (Å²) in [5.74, 6) is 0.395. The van der Waals surface area contributed by atoms with E-state index < -0.39 is 0 Å². The fourth-order valence-electron chi connectivity index (χ4n) is 1.52. The first kappa shape index (κ1) is 12.9. The molecule has 0 rings (SSSR count). The molecule has 0 amide bonds. The van der Waals surface area contributed by atoms with Crippen molar-refractivity contribution in [1.82, 2.24) is 0 Å². The molecular formula is C11H24O2. The molecule has 13 heavy (non-hydrogen) atoms. The molecule has 0 fully saturated rings. The van der Waals surface area contributed by atoms with Crippen LogP contribution in [0.1, 0.15) is 47.0 Å². The summed E-state index contributed by atoms with van der Waals surface area (Å²) < 4.78 is 5.51. The van der Waals surface area contributed by atoms with Crippen molar-refractivity contribution < 1.29 is 9.84 Å². The summed E-state index contributed by atoms with van der Waals surface area (Å²) in [4.78, 5) is 0. The van der Waals surface area contributed by atoms with Gasteiger partial charge in [-0.1, -0.05) is 33.6 Å². The van der Waals surface area contributed by atoms with Crippen LogP contribution in [0, 0.1) is 5.92 Å². The van der Waals surface area contributed by atoms with E-state index in [0.29, 0.717) is 12.5 Å². The van der Waals surface area contributed by atoms with Gasteiger partial charge in [-0.25, -0.2) is 0 Å². The zero-order chi connectivity index (χ0) is 10.3. The third-order valence-corrected chi connectivity index (χ3v) is 2.25. The molecule has 0 aromatic rings. The Balaban J connectivity index is 3.87. The predicted molar refractivity (Wildman–Crippen MR) is 55.8 cm³/mol. The summed E-state index contributed by atoms with van der Waals surface area (Å²) in [5.41, 5.74) is 0. The highest BCUT2D eigenvalue weighted by molar-refractivity contribution is 4.72. The Hall–Kier alpha value is -0.0800. The number of ether oxygens (including phenoxy) is 1. The van der Waals surface area contributed by atoms with Gasteiger partial charge < -0.3 is 9.84 Å². The van der Waals surface area contributed by atoms with Gasteiger partial charge in [-0.15, -0.1) is 0 Å². The van der Waals surface area contributed by atoms with Crippen LogP contribution in [0.4, 0.5) is 0 Å². The van der Waals surface area contributed by atoms with Crippen molar-refractivity contribution in [2.75, 3.05) is 6.61 Å². The molecule has 0 radical (unpaired) electrons. The standard InChI is InChI=1S/C11H24O2/c1-5-7-8-10(12)11(9(3)4)13-6-2/h9-12H,5-8H2,1-4H3. The van der Waals surface area contributed by atoms with E-state index in [4.69, 9.17) is 4.74 Å². The lowest BCUT2D eigenvalue weighted by Gasteiger charge is -2.26. The van der Waals surface area contributed by atoms with Crippen molar-refractivity contribution >= 4 is 0 Å². The van der Waals surface area contributed by atoms with E-state index in [1.54, 1.807) is 0 Å². The number of aliphatic hydroxyl groups is 1. The number of aliphatic hydroxyl groups excluding tert-OH is 1. The Morgan fingerprint density at radius 1 is 1.23 bits per heavy atom. The van der Waals surface area contributed by atoms with Crippen LogP contribution < -0.4 is 0 Å². The fourth-order valence-corrected chi connectivity index (χ4v) is 1.52. The first-order chi connectivity index (χ1) is 6.13. The number of rotatable bonds is 7. The predicted octanol–water partition coefficient (Wildman–Crippen LogP) is 2.60. The summed E-state index contributed by atoms with van der Waals surface area (Å²) in [7, 11) is 0. The third-order valence-electron chi connectivity index (χ3n) is 2.25. The second-order valence-electron chi connectivity index (χ2n) is 3.87. The minimum atomic E-state index is -0.292. The second kappa shape index (κ2) is 7.34. The average molecular weight is 188 g/mol. The van der Waals surface area contributed by atoms with Crippen LogP contribution in [-0.4, -0.2) is 23.9 Å². The van der Waals surface area contributed by atoms with Gasteiger partial charge in [0.25, 0.3) is 0 Å². The van der Waals surface area contributed by atoms with Gasteiger partial charge in [-0.2, -0.15) is 0 Å². The van der Waals surface area contributed by atoms with Crippen molar-refractivity contribution in [2.24, 2.45) is 5.92 Å². The Morgan fingerprint density at radius 3 is 2.23 bits per heavy atom. The zero-order valence-corrected chi connectivity index (χ0v) is 9.42. The van der Waals surface area contributed by atoms with Crippen molar-refractivity contribution in [2.45, 2.75) is 59.2 Å². The van der Waals surface area contributed by atoms with E-state index in [2.05, 4.69) is 20.8 Å². The van der Waals surface area contributed by atoms with E-state index in [9.17, 15) is 5.11 Å². The van der Waals surface area contributed by atoms with E-state index in [-0.39, 0.29) is 12.2 Å². The molecule has 0 saturated heterocycles. The molecule has 0 heterocycles. The van der Waals surface area contributed by atoms with Crippen molar-refractivity contribution in [3.05, 3.63) is 0 Å². The van der Waals surface area contributed by atoms with Crippen LogP contribution in [0.25, 0.3) is 0 Å². The molecule has 0 saturated carbocycles. The smallest absolute Gasteiger partial charge is 0.0856 e. The largest absolute Gasteiger partial charge is 0.390 e. The molecule has 0 aromatic carbocycles. The minimum Gasteiger partial charge on any atom is -0.390 e. The van der Waals surface area contributed by atoms with E-state index in [0.717, 1.165) is 19.3 Å². The monoisotopic (exact) mass is 188 g/mol. The van der Waals surface area contributed by atoms with Crippen LogP contribution >= 0.6 is 0 Å². The topological polar surface area (TPSA) is 29.5 Å². The molecule has 2 unspecified atom stereocenters. The van der Waals surface area contributed by atoms with Crippen LogP contribution in [0.2, 0.25) is 0 Å². The summed E-state index contributed by atoms with van der Waals surface area (Å²) >= 11 is 0. The lowest BCUT2D eigenvalue weighted by atomic mass is 9.98. The first-order valence-corrected chi connectivity index (χ1v) is 5.43. The van der Waals surface area contributed by atoms with Crippen molar-refractivity contribution in [3.63, 3.8) is 0 Å². The molecule has 0 spiro atoms. The molecule has 80 valence electrons. The van der Waals surface area contributed by atoms with Gasteiger partial charge >= 0.3 is 0 Å². The molecule has 2 heteroatoms. The van der Waals surface area contributed by atoms with E-state index >= 15 is 0 Å². The Morgan fingerprint density at radius 2 is 1.85 bits per heavy atom. The normalized spacial score (nSPS) is 16.2. The number of hydrogen-bond donors (Lipinski definition) is 1. The van der Waals surface area contributed by atoms with Crippen molar-refractivity contribution in [1.29, 1.82) is 0 Å². The molecule has 2 atom stereocenters. The quantitative estimate of drug-likeness (QED) is 0.665. The van der Waals surface area contributed by atoms with Crippen LogP contribution in [0.15, 0.2) is 0 Å². The molecular weight excluding hydrogens is 164 g/mol. The van der Waals surface area contributed by atoms with Crippen LogP contribution in [0.5, 0.6) is 0 Å². The van der Waals surface area contributed by atoms with E-state index in [1.165, 1.54) is 0 Å². The summed E-state index contributed by atoms with van der Waals surface area (Å²) in [5, 5.41) is 9.82. The van der Waals surface area contributed by atoms with Gasteiger partial charge in [-0.3, -0.25) is 0 Å². The average Bonchev–Trinajstić information content (AvgIpc) is 2.09. The maximum absolute atomic E-state index is 9.82. The van der Waals surface area contributed by atoms with Gasteiger partial charge in [0.1, 0.15) is 0 Å². The highest BCUT2D eigenvalue weighted by atomic mass is 16.5. The zero-order valence-electron chi connectivity index (χ0n) is 9.42. The SMILES string of the molecule is CCCCC(O)C(OCC)C(C)C. The fraction of sp³-hybridized carbons (Fsp3) is 1.00. The van der Waals surface area contributed by atoms with E-state index in [1.807, 2.05) is 6.92 Å². The molecule has 0 aromatic heterocycles.